The quantitative estimate of drug-likeness (QED) is 0.137. The molecule has 0 spiro atoms. The van der Waals surface area contributed by atoms with Crippen LogP contribution in [0.2, 0.25) is 0 Å². The molecule has 12 nitrogen and oxygen atoms in total. The third kappa shape index (κ3) is 13.4. The molecule has 9 heterocycles. The number of nitrogens with zero attached hydrogens (tertiary/aromatic N) is 11. The maximum atomic E-state index is 9.85. The molecule has 0 amide bonds. The molecule has 0 fully saturated rings. The Balaban J connectivity index is 0.000000105. The number of para-hydroxylation sites is 5. The number of furan rings is 1. The highest BCUT2D eigenvalue weighted by molar-refractivity contribution is 7.26. The molecule has 0 unspecified atom stereocenters. The van der Waals surface area contributed by atoms with Crippen molar-refractivity contribution in [1.82, 2.24) is 38.6 Å². The normalized spacial score (nSPS) is 11.7. The van der Waals surface area contributed by atoms with Crippen molar-refractivity contribution in [3.63, 3.8) is 0 Å². The van der Waals surface area contributed by atoms with E-state index in [1.165, 1.54) is 133 Å². The number of nitriles is 3. The molecule has 0 aliphatic rings. The molecule has 21 aromatic carbocycles. The molecule has 0 aliphatic heterocycles. The first-order valence-electron chi connectivity index (χ1n) is 47.8. The summed E-state index contributed by atoms with van der Waals surface area (Å²) < 4.78 is 18.8. The Labute approximate surface area is 830 Å². The summed E-state index contributed by atoms with van der Waals surface area (Å²) in [6, 6.07) is 162. The summed E-state index contributed by atoms with van der Waals surface area (Å²) in [6.45, 7) is 0. The van der Waals surface area contributed by atoms with Crippen LogP contribution in [-0.2, 0) is 0 Å². The molecule has 0 radical (unpaired) electrons. The van der Waals surface area contributed by atoms with Gasteiger partial charge in [-0.1, -0.05) is 273 Å². The standard InChI is InChI=1S/C44H25N3S.C43H24N4O.C43H24N4S/c45-26-30-25-39(46-38-14-5-3-9-32(30)38)28-16-20-31(21-17-28)47-40-22-19-29(24-37(40)43-33-10-2-1-8-27(33)18-23-41(43)47)34-12-7-13-36-35-11-4-6-15-42(35)48-44(34)36;2*44-25-37-34-11-3-5-14-36(34)45-43(46-37)27-16-20-29(21-17-27)47-38-22-19-28(24-35(38)41-30-9-2-1-8-26(30)18-23-39(41)47)31-12-7-13-33-32-10-4-6-15-40(32)48-42(31)33/h1-25H;2*1-24H. The average molecular weight is 1870 g/mol. The summed E-state index contributed by atoms with van der Waals surface area (Å²) in [6.07, 6.45) is 0. The third-order valence-electron chi connectivity index (χ3n) is 28.6. The first kappa shape index (κ1) is 82.8. The molecule has 30 rings (SSSR count). The van der Waals surface area contributed by atoms with Gasteiger partial charge in [0, 0.05) is 139 Å². The Morgan fingerprint density at radius 3 is 1.01 bits per heavy atom. The zero-order valence-electron chi connectivity index (χ0n) is 76.8. The van der Waals surface area contributed by atoms with Crippen LogP contribution < -0.4 is 0 Å². The van der Waals surface area contributed by atoms with Crippen molar-refractivity contribution >= 4 is 215 Å². The van der Waals surface area contributed by atoms with E-state index in [1.807, 2.05) is 126 Å². The molecular weight excluding hydrogens is 1800 g/mol. The monoisotopic (exact) mass is 1870 g/mol. The Hall–Kier alpha value is -19.4. The number of aromatic nitrogens is 8. The van der Waals surface area contributed by atoms with E-state index in [2.05, 4.69) is 382 Å². The van der Waals surface area contributed by atoms with E-state index in [1.54, 1.807) is 0 Å². The van der Waals surface area contributed by atoms with Gasteiger partial charge < -0.3 is 18.1 Å². The van der Waals surface area contributed by atoms with Crippen LogP contribution in [0.25, 0.3) is 277 Å². The summed E-state index contributed by atoms with van der Waals surface area (Å²) in [5.74, 6) is 1.08. The number of rotatable bonds is 9. The molecule has 144 heavy (non-hydrogen) atoms. The van der Waals surface area contributed by atoms with Crippen LogP contribution in [0.5, 0.6) is 0 Å². The molecule has 0 N–H and O–H groups in total. The Morgan fingerprint density at radius 2 is 0.569 bits per heavy atom. The van der Waals surface area contributed by atoms with E-state index in [4.69, 9.17) is 19.4 Å². The van der Waals surface area contributed by atoms with Crippen molar-refractivity contribution in [2.75, 3.05) is 0 Å². The lowest BCUT2D eigenvalue weighted by atomic mass is 9.99. The number of benzene rings is 21. The summed E-state index contributed by atoms with van der Waals surface area (Å²) in [5, 5.41) is 54.0. The van der Waals surface area contributed by atoms with Crippen LogP contribution in [0.4, 0.5) is 0 Å². The average Bonchev–Trinajstić information content (AvgIpc) is 1.57. The molecular formula is C130H73N11OS2. The minimum Gasteiger partial charge on any atom is -0.455 e. The first-order chi connectivity index (χ1) is 71.2. The summed E-state index contributed by atoms with van der Waals surface area (Å²) in [7, 11) is 0. The number of hydrogen-bond donors (Lipinski definition) is 0. The molecule has 0 saturated heterocycles. The number of hydrogen-bond acceptors (Lipinski definition) is 11. The van der Waals surface area contributed by atoms with E-state index in [-0.39, 0.29) is 0 Å². The highest BCUT2D eigenvalue weighted by Crippen LogP contribution is 2.49. The zero-order chi connectivity index (χ0) is 95.3. The fourth-order valence-electron chi connectivity index (χ4n) is 21.9. The lowest BCUT2D eigenvalue weighted by Crippen LogP contribution is -1.97. The molecule has 14 heteroatoms. The van der Waals surface area contributed by atoms with E-state index >= 15 is 0 Å². The fourth-order valence-corrected chi connectivity index (χ4v) is 24.4. The van der Waals surface area contributed by atoms with Gasteiger partial charge in [0.05, 0.1) is 67.0 Å². The van der Waals surface area contributed by atoms with E-state index in [0.717, 1.165) is 133 Å². The van der Waals surface area contributed by atoms with Gasteiger partial charge in [-0.3, -0.25) is 0 Å². The third-order valence-corrected chi connectivity index (χ3v) is 31.0. The van der Waals surface area contributed by atoms with E-state index in [0.29, 0.717) is 28.6 Å². The van der Waals surface area contributed by atoms with Crippen LogP contribution in [0, 0.1) is 34.0 Å². The van der Waals surface area contributed by atoms with Gasteiger partial charge in [-0.25, -0.2) is 24.9 Å². The van der Waals surface area contributed by atoms with Crippen molar-refractivity contribution in [3.05, 3.63) is 460 Å². The highest BCUT2D eigenvalue weighted by Gasteiger charge is 2.25. The van der Waals surface area contributed by atoms with Crippen molar-refractivity contribution in [1.29, 1.82) is 15.8 Å². The Kier molecular flexibility index (Phi) is 19.3. The summed E-state index contributed by atoms with van der Waals surface area (Å²) in [4.78, 5) is 23.7. The van der Waals surface area contributed by atoms with E-state index < -0.39 is 0 Å². The maximum Gasteiger partial charge on any atom is 0.161 e. The second-order valence-corrected chi connectivity index (χ2v) is 38.6. The minimum absolute atomic E-state index is 0.378. The van der Waals surface area contributed by atoms with Gasteiger partial charge in [0.25, 0.3) is 0 Å². The number of fused-ring (bicyclic) bond motifs is 27. The van der Waals surface area contributed by atoms with Gasteiger partial charge in [0.2, 0.25) is 0 Å². The van der Waals surface area contributed by atoms with Crippen LogP contribution in [0.3, 0.4) is 0 Å². The predicted molar refractivity (Wildman–Crippen MR) is 596 cm³/mol. The van der Waals surface area contributed by atoms with Gasteiger partial charge in [-0.05, 0) is 230 Å². The summed E-state index contributed by atoms with van der Waals surface area (Å²) in [5.41, 5.74) is 26.2. The van der Waals surface area contributed by atoms with Crippen molar-refractivity contribution in [2.45, 2.75) is 0 Å². The maximum absolute atomic E-state index is 9.85. The topological polar surface area (TPSA) is 164 Å². The van der Waals surface area contributed by atoms with Gasteiger partial charge in [0.15, 0.2) is 23.0 Å². The zero-order valence-corrected chi connectivity index (χ0v) is 78.4. The molecule has 9 aromatic heterocycles. The second kappa shape index (κ2) is 33.5. The SMILES string of the molecule is N#Cc1cc(-c2ccc(-n3c4ccc(-c5cccc6c5sc5ccccc56)cc4c4c5ccccc5ccc43)cc2)nc2ccccc12.N#Cc1nc(-c2ccc(-n3c4ccc(-c5cccc6c5oc5ccccc56)cc4c4c5ccccc5ccc43)cc2)nc2ccccc12.N#Cc1nc(-c2ccc(-n3c4ccc(-c5cccc6c5sc5ccccc56)cc4c4c5ccccc5ccc43)cc2)nc2ccccc12. The molecule has 0 aliphatic carbocycles. The molecule has 666 valence electrons. The van der Waals surface area contributed by atoms with Crippen LogP contribution >= 0.6 is 22.7 Å². The number of pyridine rings is 1. The number of thiophene rings is 2. The lowest BCUT2D eigenvalue weighted by molar-refractivity contribution is 0.670. The lowest BCUT2D eigenvalue weighted by Gasteiger charge is -2.11. The molecule has 0 atom stereocenters. The van der Waals surface area contributed by atoms with Crippen LogP contribution in [-0.4, -0.2) is 38.6 Å². The van der Waals surface area contributed by atoms with Crippen molar-refractivity contribution < 1.29 is 4.42 Å². The van der Waals surface area contributed by atoms with Gasteiger partial charge in [-0.15, -0.1) is 22.7 Å². The van der Waals surface area contributed by atoms with Crippen LogP contribution in [0.15, 0.2) is 447 Å². The first-order valence-corrected chi connectivity index (χ1v) is 49.4. The molecule has 0 saturated carbocycles. The van der Waals surface area contributed by atoms with E-state index in [9.17, 15) is 15.8 Å². The van der Waals surface area contributed by atoms with Crippen molar-refractivity contribution in [3.8, 4) is 103 Å². The van der Waals surface area contributed by atoms with Gasteiger partial charge in [-0.2, -0.15) is 15.8 Å². The smallest absolute Gasteiger partial charge is 0.161 e. The summed E-state index contributed by atoms with van der Waals surface area (Å²) >= 11 is 3.74. The van der Waals surface area contributed by atoms with Gasteiger partial charge >= 0.3 is 0 Å². The predicted octanol–water partition coefficient (Wildman–Crippen LogP) is 34.5. The van der Waals surface area contributed by atoms with Crippen molar-refractivity contribution in [2.24, 2.45) is 0 Å². The minimum atomic E-state index is 0.378. The highest BCUT2D eigenvalue weighted by atomic mass is 32.1. The Morgan fingerprint density at radius 1 is 0.229 bits per heavy atom. The molecule has 30 aromatic rings. The Bertz CT molecular complexity index is 9850. The van der Waals surface area contributed by atoms with Gasteiger partial charge in [0.1, 0.15) is 23.3 Å². The second-order valence-electron chi connectivity index (χ2n) is 36.5. The largest absolute Gasteiger partial charge is 0.455 e. The fraction of sp³-hybridized carbons (Fsp3) is 0. The molecule has 0 bridgehead atoms. The van der Waals surface area contributed by atoms with Crippen LogP contribution in [0.1, 0.15) is 17.0 Å².